The number of piperidine rings is 1. The molecule has 2 atom stereocenters. The molecule has 2 fully saturated rings. The SMILES string of the molecule is C[C@H]1CN(C2CCN(c3cc(=O)[nH]cn3)CC2)[C@@H](Cc2ccc(Cl)cc2)CO1.O=C(O)C(F)(F)F. The Bertz CT molecular complexity index is 1030. The third-order valence-electron chi connectivity index (χ3n) is 6.06. The minimum absolute atomic E-state index is 0.0999. The van der Waals surface area contributed by atoms with Crippen LogP contribution in [-0.2, 0) is 16.0 Å². The number of benzene rings is 1. The van der Waals surface area contributed by atoms with Crippen molar-refractivity contribution in [2.75, 3.05) is 31.1 Å². The van der Waals surface area contributed by atoms with Crippen molar-refractivity contribution in [1.29, 1.82) is 0 Å². The van der Waals surface area contributed by atoms with Crippen molar-refractivity contribution in [3.05, 3.63) is 57.6 Å². The normalized spacial score (nSPS) is 21.8. The summed E-state index contributed by atoms with van der Waals surface area (Å²) in [5.74, 6) is -1.98. The second-order valence-electron chi connectivity index (χ2n) is 8.62. The van der Waals surface area contributed by atoms with E-state index in [1.165, 1.54) is 11.9 Å². The molecule has 0 aliphatic carbocycles. The number of carboxylic acids is 1. The number of nitrogens with one attached hydrogen (secondary N) is 1. The first kappa shape index (κ1) is 27.0. The highest BCUT2D eigenvalue weighted by Gasteiger charge is 2.38. The number of aromatic amines is 1. The molecule has 12 heteroatoms. The van der Waals surface area contributed by atoms with Crippen molar-refractivity contribution >= 4 is 23.4 Å². The van der Waals surface area contributed by atoms with E-state index in [0.717, 1.165) is 56.3 Å². The first-order valence-electron chi connectivity index (χ1n) is 11.2. The third-order valence-corrected chi connectivity index (χ3v) is 6.31. The second kappa shape index (κ2) is 11.9. The highest BCUT2D eigenvalue weighted by atomic mass is 35.5. The molecule has 1 aromatic carbocycles. The van der Waals surface area contributed by atoms with E-state index < -0.39 is 12.1 Å². The molecule has 0 saturated carbocycles. The quantitative estimate of drug-likeness (QED) is 0.643. The summed E-state index contributed by atoms with van der Waals surface area (Å²) in [6.45, 7) is 5.72. The van der Waals surface area contributed by atoms with Gasteiger partial charge in [0, 0.05) is 42.8 Å². The Labute approximate surface area is 205 Å². The predicted molar refractivity (Wildman–Crippen MR) is 125 cm³/mol. The van der Waals surface area contributed by atoms with Crippen LogP contribution in [0.3, 0.4) is 0 Å². The summed E-state index contributed by atoms with van der Waals surface area (Å²) in [7, 11) is 0. The van der Waals surface area contributed by atoms with Crippen LogP contribution in [0.5, 0.6) is 0 Å². The Morgan fingerprint density at radius 1 is 1.26 bits per heavy atom. The summed E-state index contributed by atoms with van der Waals surface area (Å²) in [6.07, 6.45) is -0.236. The van der Waals surface area contributed by atoms with Gasteiger partial charge in [-0.15, -0.1) is 0 Å². The Morgan fingerprint density at radius 3 is 2.46 bits per heavy atom. The van der Waals surface area contributed by atoms with E-state index >= 15 is 0 Å². The first-order chi connectivity index (χ1) is 16.5. The van der Waals surface area contributed by atoms with Gasteiger partial charge in [0.2, 0.25) is 0 Å². The Morgan fingerprint density at radius 2 is 1.89 bits per heavy atom. The van der Waals surface area contributed by atoms with E-state index in [-0.39, 0.29) is 11.7 Å². The summed E-state index contributed by atoms with van der Waals surface area (Å²) in [5.41, 5.74) is 1.19. The smallest absolute Gasteiger partial charge is 0.475 e. The van der Waals surface area contributed by atoms with Gasteiger partial charge in [0.25, 0.3) is 5.56 Å². The van der Waals surface area contributed by atoms with Crippen LogP contribution in [0.4, 0.5) is 19.0 Å². The number of carboxylic acid groups (broad SMARTS) is 1. The molecule has 8 nitrogen and oxygen atoms in total. The summed E-state index contributed by atoms with van der Waals surface area (Å²) in [6, 6.07) is 10.6. The van der Waals surface area contributed by atoms with Crippen LogP contribution >= 0.6 is 11.6 Å². The zero-order valence-corrected chi connectivity index (χ0v) is 19.9. The minimum Gasteiger partial charge on any atom is -0.475 e. The molecule has 0 bridgehead atoms. The predicted octanol–water partition coefficient (Wildman–Crippen LogP) is 3.36. The van der Waals surface area contributed by atoms with E-state index in [0.29, 0.717) is 12.1 Å². The number of halogens is 4. The molecule has 1 aromatic heterocycles. The Balaban J connectivity index is 0.000000429. The fraction of sp³-hybridized carbons (Fsp3) is 0.522. The van der Waals surface area contributed by atoms with Crippen LogP contribution in [0, 0.1) is 0 Å². The van der Waals surface area contributed by atoms with Crippen LogP contribution < -0.4 is 10.5 Å². The number of carbonyl (C=O) groups is 1. The molecule has 2 aliphatic heterocycles. The summed E-state index contributed by atoms with van der Waals surface area (Å²) < 4.78 is 37.7. The van der Waals surface area contributed by atoms with Crippen molar-refractivity contribution in [3.63, 3.8) is 0 Å². The van der Waals surface area contributed by atoms with Gasteiger partial charge in [0.1, 0.15) is 5.82 Å². The lowest BCUT2D eigenvalue weighted by Crippen LogP contribution is -2.56. The Kier molecular flexibility index (Phi) is 9.15. The van der Waals surface area contributed by atoms with Gasteiger partial charge in [-0.2, -0.15) is 13.2 Å². The van der Waals surface area contributed by atoms with Crippen molar-refractivity contribution in [1.82, 2.24) is 14.9 Å². The molecular weight excluding hydrogens is 489 g/mol. The lowest BCUT2D eigenvalue weighted by atomic mass is 9.96. The van der Waals surface area contributed by atoms with Crippen LogP contribution in [0.1, 0.15) is 25.3 Å². The van der Waals surface area contributed by atoms with Crippen LogP contribution in [0.15, 0.2) is 41.5 Å². The molecule has 0 spiro atoms. The zero-order valence-electron chi connectivity index (χ0n) is 19.2. The molecule has 2 aromatic rings. The van der Waals surface area contributed by atoms with Gasteiger partial charge in [-0.25, -0.2) is 9.78 Å². The third kappa shape index (κ3) is 7.94. The summed E-state index contributed by atoms with van der Waals surface area (Å²) in [4.78, 5) is 32.2. The lowest BCUT2D eigenvalue weighted by Gasteiger charge is -2.46. The molecule has 2 saturated heterocycles. The first-order valence-corrected chi connectivity index (χ1v) is 11.6. The maximum Gasteiger partial charge on any atom is 0.490 e. The molecule has 3 heterocycles. The van der Waals surface area contributed by atoms with Gasteiger partial charge in [0.15, 0.2) is 0 Å². The number of hydrogen-bond donors (Lipinski definition) is 2. The number of aromatic nitrogens is 2. The number of hydrogen-bond acceptors (Lipinski definition) is 6. The fourth-order valence-corrected chi connectivity index (χ4v) is 4.47. The summed E-state index contributed by atoms with van der Waals surface area (Å²) >= 11 is 6.03. The number of anilines is 1. The van der Waals surface area contributed by atoms with E-state index in [2.05, 4.69) is 38.8 Å². The monoisotopic (exact) mass is 516 g/mol. The van der Waals surface area contributed by atoms with Gasteiger partial charge >= 0.3 is 12.1 Å². The van der Waals surface area contributed by atoms with Gasteiger partial charge in [-0.3, -0.25) is 9.69 Å². The van der Waals surface area contributed by atoms with Gasteiger partial charge in [-0.1, -0.05) is 23.7 Å². The zero-order chi connectivity index (χ0) is 25.6. The van der Waals surface area contributed by atoms with E-state index in [4.69, 9.17) is 26.2 Å². The van der Waals surface area contributed by atoms with Crippen molar-refractivity contribution in [2.45, 2.75) is 50.6 Å². The van der Waals surface area contributed by atoms with Crippen LogP contribution in [-0.4, -0.2) is 76.5 Å². The summed E-state index contributed by atoms with van der Waals surface area (Å²) in [5, 5.41) is 7.90. The average molecular weight is 517 g/mol. The molecule has 0 radical (unpaired) electrons. The highest BCUT2D eigenvalue weighted by molar-refractivity contribution is 6.30. The number of morpholine rings is 1. The molecule has 192 valence electrons. The number of rotatable bonds is 4. The van der Waals surface area contributed by atoms with Crippen LogP contribution in [0.2, 0.25) is 5.02 Å². The van der Waals surface area contributed by atoms with Gasteiger partial charge in [-0.05, 0) is 43.9 Å². The molecule has 0 unspecified atom stereocenters. The van der Waals surface area contributed by atoms with E-state index in [1.54, 1.807) is 6.07 Å². The molecule has 2 aliphatic rings. The number of ether oxygens (including phenoxy) is 1. The van der Waals surface area contributed by atoms with Gasteiger partial charge in [0.05, 0.1) is 19.0 Å². The van der Waals surface area contributed by atoms with E-state index in [1.807, 2.05) is 12.1 Å². The largest absolute Gasteiger partial charge is 0.490 e. The van der Waals surface area contributed by atoms with Crippen molar-refractivity contribution in [3.8, 4) is 0 Å². The second-order valence-corrected chi connectivity index (χ2v) is 9.05. The molecule has 35 heavy (non-hydrogen) atoms. The number of nitrogens with zero attached hydrogens (tertiary/aromatic N) is 3. The molecule has 0 amide bonds. The number of alkyl halides is 3. The minimum atomic E-state index is -5.08. The standard InChI is InChI=1S/C21H27ClN4O2.C2HF3O2/c1-15-12-26(19(13-28-15)10-16-2-4-17(22)5-3-16)18-6-8-25(9-7-18)20-11-21(27)24-14-23-20;3-2(4,5)1(6)7/h2-5,11,14-15,18-19H,6-10,12-13H2,1H3,(H,23,24,27);(H,6,7)/t15-,19-;/m0./s1. The molecular formula is C23H28ClF3N4O4. The van der Waals surface area contributed by atoms with Gasteiger partial charge < -0.3 is 19.7 Å². The fourth-order valence-electron chi connectivity index (χ4n) is 4.34. The van der Waals surface area contributed by atoms with Crippen LogP contribution in [0.25, 0.3) is 0 Å². The molecule has 4 rings (SSSR count). The Hall–Kier alpha value is -2.63. The maximum atomic E-state index is 11.6. The van der Waals surface area contributed by atoms with Crippen molar-refractivity contribution in [2.24, 2.45) is 0 Å². The lowest BCUT2D eigenvalue weighted by molar-refractivity contribution is -0.192. The molecule has 2 N–H and O–H groups in total. The topological polar surface area (TPSA) is 98.8 Å². The van der Waals surface area contributed by atoms with E-state index in [9.17, 15) is 18.0 Å². The number of aliphatic carboxylic acids is 1. The maximum absolute atomic E-state index is 11.6. The number of H-pyrrole nitrogens is 1. The van der Waals surface area contributed by atoms with Crippen molar-refractivity contribution < 1.29 is 27.8 Å². The average Bonchev–Trinajstić information content (AvgIpc) is 2.81. The highest BCUT2D eigenvalue weighted by Crippen LogP contribution is 2.26.